The summed E-state index contributed by atoms with van der Waals surface area (Å²) in [5.41, 5.74) is 3.52. The molecule has 0 amide bonds. The monoisotopic (exact) mass is 413 g/mol. The van der Waals surface area contributed by atoms with Crippen molar-refractivity contribution < 1.29 is 14.4 Å². The number of aromatic nitrogens is 3. The standard InChI is InChI=1S/C22H28N4O2S/c1-5-16-7-10-18(11-8-16)21-23-22(29)26(24-21)15-25(3)14-17-9-12-19(28-6-2)20(13-17)27-4/h7-13H,5-6,14-15H2,1-4H3,(H,23,24,29)/p+1. The van der Waals surface area contributed by atoms with E-state index in [-0.39, 0.29) is 0 Å². The highest BCUT2D eigenvalue weighted by Gasteiger charge is 2.12. The van der Waals surface area contributed by atoms with Gasteiger partial charge in [0.15, 0.2) is 24.0 Å². The number of quaternary nitrogens is 1. The van der Waals surface area contributed by atoms with Crippen LogP contribution in [0, 0.1) is 4.77 Å². The van der Waals surface area contributed by atoms with Gasteiger partial charge in [0.25, 0.3) is 0 Å². The van der Waals surface area contributed by atoms with E-state index in [0.29, 0.717) is 18.0 Å². The van der Waals surface area contributed by atoms with Crippen molar-refractivity contribution in [3.05, 3.63) is 58.4 Å². The zero-order chi connectivity index (χ0) is 20.8. The summed E-state index contributed by atoms with van der Waals surface area (Å²) in [5.74, 6) is 2.33. The van der Waals surface area contributed by atoms with Gasteiger partial charge in [-0.3, -0.25) is 5.10 Å². The van der Waals surface area contributed by atoms with Gasteiger partial charge in [0, 0.05) is 11.1 Å². The van der Waals surface area contributed by atoms with Crippen LogP contribution in [0.4, 0.5) is 0 Å². The summed E-state index contributed by atoms with van der Waals surface area (Å²) in [6, 6.07) is 14.5. The van der Waals surface area contributed by atoms with Crippen molar-refractivity contribution >= 4 is 12.2 Å². The maximum atomic E-state index is 5.60. The van der Waals surface area contributed by atoms with Gasteiger partial charge in [0.05, 0.1) is 20.8 Å². The van der Waals surface area contributed by atoms with Crippen LogP contribution in [0.1, 0.15) is 25.0 Å². The molecule has 1 aromatic heterocycles. The Kier molecular flexibility index (Phi) is 7.06. The van der Waals surface area contributed by atoms with E-state index in [2.05, 4.69) is 54.4 Å². The first-order valence-electron chi connectivity index (χ1n) is 9.91. The minimum atomic E-state index is 0.559. The van der Waals surface area contributed by atoms with E-state index in [0.717, 1.165) is 35.9 Å². The topological polar surface area (TPSA) is 56.5 Å². The van der Waals surface area contributed by atoms with Crippen LogP contribution in [0.15, 0.2) is 42.5 Å². The normalized spacial score (nSPS) is 12.0. The number of rotatable bonds is 9. The van der Waals surface area contributed by atoms with Crippen LogP contribution in [0.25, 0.3) is 11.4 Å². The molecule has 29 heavy (non-hydrogen) atoms. The molecule has 2 N–H and O–H groups in total. The van der Waals surface area contributed by atoms with Crippen molar-refractivity contribution in [2.24, 2.45) is 0 Å². The molecular formula is C22H29N4O2S+. The molecule has 0 saturated heterocycles. The van der Waals surface area contributed by atoms with Gasteiger partial charge in [0.1, 0.15) is 6.54 Å². The fourth-order valence-electron chi connectivity index (χ4n) is 3.26. The van der Waals surface area contributed by atoms with E-state index in [9.17, 15) is 0 Å². The fraction of sp³-hybridized carbons (Fsp3) is 0.364. The van der Waals surface area contributed by atoms with E-state index >= 15 is 0 Å². The molecule has 0 spiro atoms. The second kappa shape index (κ2) is 9.71. The Hall–Kier alpha value is -2.64. The lowest BCUT2D eigenvalue weighted by molar-refractivity contribution is -0.917. The number of methoxy groups -OCH3 is 1. The lowest BCUT2D eigenvalue weighted by Gasteiger charge is -2.16. The number of H-pyrrole nitrogens is 1. The summed E-state index contributed by atoms with van der Waals surface area (Å²) in [4.78, 5) is 5.80. The molecular weight excluding hydrogens is 384 g/mol. The predicted octanol–water partition coefficient (Wildman–Crippen LogP) is 3.25. The van der Waals surface area contributed by atoms with E-state index in [4.69, 9.17) is 21.7 Å². The van der Waals surface area contributed by atoms with Crippen LogP contribution >= 0.6 is 12.2 Å². The van der Waals surface area contributed by atoms with E-state index < -0.39 is 0 Å². The molecule has 154 valence electrons. The van der Waals surface area contributed by atoms with Gasteiger partial charge in [-0.2, -0.15) is 4.98 Å². The number of aryl methyl sites for hydroxylation is 1. The van der Waals surface area contributed by atoms with E-state index in [1.165, 1.54) is 16.0 Å². The van der Waals surface area contributed by atoms with Gasteiger partial charge in [-0.05, 0) is 49.3 Å². The van der Waals surface area contributed by atoms with Crippen molar-refractivity contribution in [1.29, 1.82) is 0 Å². The highest BCUT2D eigenvalue weighted by atomic mass is 32.1. The molecule has 1 unspecified atom stereocenters. The van der Waals surface area contributed by atoms with Crippen LogP contribution < -0.4 is 14.4 Å². The Morgan fingerprint density at radius 3 is 2.45 bits per heavy atom. The number of benzene rings is 2. The van der Waals surface area contributed by atoms with Gasteiger partial charge in [-0.25, -0.2) is 4.68 Å². The highest BCUT2D eigenvalue weighted by molar-refractivity contribution is 7.71. The first kappa shape index (κ1) is 21.1. The third-order valence-corrected chi connectivity index (χ3v) is 5.09. The SMILES string of the molecule is CCOc1ccc(C[NH+](C)Cn2[nH]c(-c3ccc(CC)cc3)nc2=S)cc1OC. The maximum Gasteiger partial charge on any atom is 0.221 e. The quantitative estimate of drug-likeness (QED) is 0.529. The van der Waals surface area contributed by atoms with Gasteiger partial charge in [0.2, 0.25) is 4.77 Å². The van der Waals surface area contributed by atoms with Crippen molar-refractivity contribution in [2.45, 2.75) is 33.5 Å². The van der Waals surface area contributed by atoms with Crippen molar-refractivity contribution in [2.75, 3.05) is 20.8 Å². The number of ether oxygens (including phenoxy) is 2. The third-order valence-electron chi connectivity index (χ3n) is 4.78. The highest BCUT2D eigenvalue weighted by Crippen LogP contribution is 2.27. The second-order valence-corrected chi connectivity index (χ2v) is 7.41. The van der Waals surface area contributed by atoms with E-state index in [1.54, 1.807) is 7.11 Å². The number of aromatic amines is 1. The smallest absolute Gasteiger partial charge is 0.221 e. The summed E-state index contributed by atoms with van der Waals surface area (Å²) in [6.07, 6.45) is 1.02. The molecule has 0 aliphatic heterocycles. The fourth-order valence-corrected chi connectivity index (χ4v) is 3.46. The molecule has 6 nitrogen and oxygen atoms in total. The zero-order valence-electron chi connectivity index (χ0n) is 17.5. The average molecular weight is 414 g/mol. The summed E-state index contributed by atoms with van der Waals surface area (Å²) < 4.78 is 13.5. The van der Waals surface area contributed by atoms with Crippen LogP contribution in [0.3, 0.4) is 0 Å². The predicted molar refractivity (Wildman–Crippen MR) is 117 cm³/mol. The molecule has 0 radical (unpaired) electrons. The molecule has 1 atom stereocenters. The Balaban J connectivity index is 1.70. The number of nitrogens with zero attached hydrogens (tertiary/aromatic N) is 2. The van der Waals surface area contributed by atoms with Crippen LogP contribution in [-0.4, -0.2) is 35.5 Å². The first-order chi connectivity index (χ1) is 14.0. The summed E-state index contributed by atoms with van der Waals surface area (Å²) in [5, 5.41) is 3.34. The van der Waals surface area contributed by atoms with Crippen molar-refractivity contribution in [1.82, 2.24) is 14.8 Å². The third kappa shape index (κ3) is 5.25. The first-order valence-corrected chi connectivity index (χ1v) is 10.3. The number of nitrogens with one attached hydrogen (secondary N) is 2. The van der Waals surface area contributed by atoms with Crippen LogP contribution in [-0.2, 0) is 19.6 Å². The Morgan fingerprint density at radius 1 is 1.07 bits per heavy atom. The summed E-state index contributed by atoms with van der Waals surface area (Å²) in [6.45, 7) is 6.24. The zero-order valence-corrected chi connectivity index (χ0v) is 18.3. The number of hydrogen-bond acceptors (Lipinski definition) is 4. The molecule has 3 aromatic rings. The van der Waals surface area contributed by atoms with Gasteiger partial charge in [-0.15, -0.1) is 0 Å². The molecule has 7 heteroatoms. The van der Waals surface area contributed by atoms with Gasteiger partial charge < -0.3 is 14.4 Å². The Morgan fingerprint density at radius 2 is 1.79 bits per heavy atom. The molecule has 0 aliphatic carbocycles. The molecule has 3 rings (SSSR count). The lowest BCUT2D eigenvalue weighted by atomic mass is 10.1. The molecule has 0 fully saturated rings. The maximum absolute atomic E-state index is 5.60. The van der Waals surface area contributed by atoms with Crippen molar-refractivity contribution in [3.63, 3.8) is 0 Å². The molecule has 2 aromatic carbocycles. The number of hydrogen-bond donors (Lipinski definition) is 2. The Labute approximate surface area is 177 Å². The molecule has 0 saturated carbocycles. The average Bonchev–Trinajstić information content (AvgIpc) is 3.09. The molecule has 0 bridgehead atoms. The largest absolute Gasteiger partial charge is 0.493 e. The minimum absolute atomic E-state index is 0.559. The van der Waals surface area contributed by atoms with Crippen LogP contribution in [0.2, 0.25) is 0 Å². The summed E-state index contributed by atoms with van der Waals surface area (Å²) >= 11 is 5.46. The van der Waals surface area contributed by atoms with Crippen molar-refractivity contribution in [3.8, 4) is 22.9 Å². The molecule has 0 aliphatic rings. The van der Waals surface area contributed by atoms with Gasteiger partial charge in [-0.1, -0.05) is 31.2 Å². The minimum Gasteiger partial charge on any atom is -0.493 e. The molecule has 1 heterocycles. The van der Waals surface area contributed by atoms with Gasteiger partial charge >= 0.3 is 0 Å². The van der Waals surface area contributed by atoms with E-state index in [1.807, 2.05) is 23.7 Å². The lowest BCUT2D eigenvalue weighted by Crippen LogP contribution is -3.07. The van der Waals surface area contributed by atoms with Crippen LogP contribution in [0.5, 0.6) is 11.5 Å². The summed E-state index contributed by atoms with van der Waals surface area (Å²) in [7, 11) is 3.79. The second-order valence-electron chi connectivity index (χ2n) is 7.04. The Bertz CT molecular complexity index is 995.